The van der Waals surface area contributed by atoms with E-state index in [9.17, 15) is 18.0 Å². The predicted molar refractivity (Wildman–Crippen MR) is 114 cm³/mol. The van der Waals surface area contributed by atoms with E-state index in [1.54, 1.807) is 42.4 Å². The minimum absolute atomic E-state index is 0.0873. The number of amides is 1. The standard InChI is InChI=1S/C24H22F4N4O/c1-16(17-4-6-18(7-5-17)24(26,27)28)23(25)9-13-32(14-10-23)22(33)19-3-2-11-30-21(19)20-8-12-29-15-31-20/h2-8,11-12,15-16H,9-10,13-14H2,1H3/t16-/m0/s1. The Kier molecular flexibility index (Phi) is 6.14. The maximum atomic E-state index is 15.8. The van der Waals surface area contributed by atoms with Crippen molar-refractivity contribution in [3.05, 3.63) is 77.9 Å². The highest BCUT2D eigenvalue weighted by Gasteiger charge is 2.42. The van der Waals surface area contributed by atoms with Gasteiger partial charge in [-0.1, -0.05) is 19.1 Å². The average molecular weight is 458 g/mol. The SMILES string of the molecule is C[C@@H](c1ccc(C(F)(F)F)cc1)C1(F)CCN(C(=O)c2cccnc2-c2ccncn2)CC1. The molecular weight excluding hydrogens is 436 g/mol. The summed E-state index contributed by atoms with van der Waals surface area (Å²) in [6.07, 6.45) is 0.250. The third kappa shape index (κ3) is 4.72. The summed E-state index contributed by atoms with van der Waals surface area (Å²) in [6, 6.07) is 9.60. The number of nitrogens with zero attached hydrogens (tertiary/aromatic N) is 4. The summed E-state index contributed by atoms with van der Waals surface area (Å²) in [5.41, 5.74) is -0.562. The molecule has 0 bridgehead atoms. The van der Waals surface area contributed by atoms with Gasteiger partial charge in [0.1, 0.15) is 17.7 Å². The molecule has 1 fully saturated rings. The highest BCUT2D eigenvalue weighted by atomic mass is 19.4. The van der Waals surface area contributed by atoms with Gasteiger partial charge in [-0.3, -0.25) is 9.78 Å². The maximum Gasteiger partial charge on any atom is 0.416 e. The molecule has 1 saturated heterocycles. The Hall–Kier alpha value is -3.36. The van der Waals surface area contributed by atoms with Crippen molar-refractivity contribution in [2.45, 2.75) is 37.5 Å². The quantitative estimate of drug-likeness (QED) is 0.498. The van der Waals surface area contributed by atoms with Crippen LogP contribution in [0.4, 0.5) is 17.6 Å². The summed E-state index contributed by atoms with van der Waals surface area (Å²) in [4.78, 5) is 27.1. The smallest absolute Gasteiger partial charge is 0.338 e. The van der Waals surface area contributed by atoms with Crippen molar-refractivity contribution in [2.75, 3.05) is 13.1 Å². The summed E-state index contributed by atoms with van der Waals surface area (Å²) < 4.78 is 54.2. The largest absolute Gasteiger partial charge is 0.416 e. The molecule has 0 N–H and O–H groups in total. The van der Waals surface area contributed by atoms with E-state index < -0.39 is 23.3 Å². The number of aromatic nitrogens is 3. The first-order valence-electron chi connectivity index (χ1n) is 10.6. The van der Waals surface area contributed by atoms with Crippen molar-refractivity contribution in [2.24, 2.45) is 0 Å². The number of piperidine rings is 1. The normalized spacial score (nSPS) is 16.9. The van der Waals surface area contributed by atoms with E-state index in [4.69, 9.17) is 0 Å². The molecule has 1 atom stereocenters. The molecule has 0 aliphatic carbocycles. The Balaban J connectivity index is 1.47. The second-order valence-corrected chi connectivity index (χ2v) is 8.16. The molecule has 1 aliphatic heterocycles. The number of halogens is 4. The average Bonchev–Trinajstić information content (AvgIpc) is 2.84. The molecule has 0 saturated carbocycles. The molecule has 0 radical (unpaired) electrons. The van der Waals surface area contributed by atoms with Gasteiger partial charge in [0.25, 0.3) is 5.91 Å². The van der Waals surface area contributed by atoms with Gasteiger partial charge in [0.05, 0.1) is 16.8 Å². The molecular formula is C24H22F4N4O. The van der Waals surface area contributed by atoms with Gasteiger partial charge in [-0.2, -0.15) is 13.2 Å². The molecule has 4 rings (SSSR count). The molecule has 2 aromatic heterocycles. The molecule has 172 valence electrons. The monoisotopic (exact) mass is 458 g/mol. The summed E-state index contributed by atoms with van der Waals surface area (Å²) >= 11 is 0. The van der Waals surface area contributed by atoms with E-state index in [-0.39, 0.29) is 31.8 Å². The Bertz CT molecular complexity index is 1110. The lowest BCUT2D eigenvalue weighted by Crippen LogP contribution is -2.46. The molecule has 33 heavy (non-hydrogen) atoms. The molecule has 3 aromatic rings. The van der Waals surface area contributed by atoms with Gasteiger partial charge >= 0.3 is 6.18 Å². The Morgan fingerprint density at radius 2 is 1.73 bits per heavy atom. The van der Waals surface area contributed by atoms with Crippen LogP contribution < -0.4 is 0 Å². The van der Waals surface area contributed by atoms with Crippen molar-refractivity contribution in [1.29, 1.82) is 0 Å². The third-order valence-corrected chi connectivity index (χ3v) is 6.26. The van der Waals surface area contributed by atoms with Crippen molar-refractivity contribution in [1.82, 2.24) is 19.9 Å². The summed E-state index contributed by atoms with van der Waals surface area (Å²) in [7, 11) is 0. The third-order valence-electron chi connectivity index (χ3n) is 6.26. The van der Waals surface area contributed by atoms with Crippen LogP contribution in [0.5, 0.6) is 0 Å². The summed E-state index contributed by atoms with van der Waals surface area (Å²) in [6.45, 7) is 2.06. The molecule has 1 amide bonds. The molecule has 0 unspecified atom stereocenters. The number of hydrogen-bond donors (Lipinski definition) is 0. The Morgan fingerprint density at radius 3 is 2.33 bits per heavy atom. The van der Waals surface area contributed by atoms with Crippen molar-refractivity contribution in [3.8, 4) is 11.4 Å². The van der Waals surface area contributed by atoms with Crippen LogP contribution >= 0.6 is 0 Å². The number of rotatable bonds is 4. The zero-order valence-corrected chi connectivity index (χ0v) is 17.9. The lowest BCUT2D eigenvalue weighted by atomic mass is 9.78. The number of carbonyl (C=O) groups excluding carboxylic acids is 1. The first-order chi connectivity index (χ1) is 15.7. The molecule has 9 heteroatoms. The van der Waals surface area contributed by atoms with E-state index >= 15 is 4.39 Å². The minimum atomic E-state index is -4.43. The van der Waals surface area contributed by atoms with Crippen molar-refractivity contribution >= 4 is 5.91 Å². The van der Waals surface area contributed by atoms with Gasteiger partial charge < -0.3 is 4.90 Å². The van der Waals surface area contributed by atoms with E-state index in [0.29, 0.717) is 22.5 Å². The topological polar surface area (TPSA) is 59.0 Å². The van der Waals surface area contributed by atoms with Gasteiger partial charge in [0, 0.05) is 31.4 Å². The second-order valence-electron chi connectivity index (χ2n) is 8.16. The number of carbonyl (C=O) groups is 1. The zero-order valence-electron chi connectivity index (χ0n) is 17.9. The van der Waals surface area contributed by atoms with Crippen LogP contribution in [0, 0.1) is 0 Å². The fourth-order valence-electron chi connectivity index (χ4n) is 4.16. The number of hydrogen-bond acceptors (Lipinski definition) is 4. The van der Waals surface area contributed by atoms with Crippen LogP contribution in [0.2, 0.25) is 0 Å². The fraction of sp³-hybridized carbons (Fsp3) is 0.333. The number of pyridine rings is 1. The molecule has 5 nitrogen and oxygen atoms in total. The maximum absolute atomic E-state index is 15.8. The zero-order chi connectivity index (χ0) is 23.6. The van der Waals surface area contributed by atoms with Crippen LogP contribution in [0.1, 0.15) is 47.2 Å². The van der Waals surface area contributed by atoms with Crippen LogP contribution in [-0.2, 0) is 6.18 Å². The van der Waals surface area contributed by atoms with Crippen LogP contribution in [-0.4, -0.2) is 44.5 Å². The molecule has 3 heterocycles. The van der Waals surface area contributed by atoms with E-state index in [1.165, 1.54) is 18.5 Å². The van der Waals surface area contributed by atoms with Gasteiger partial charge in [-0.15, -0.1) is 0 Å². The van der Waals surface area contributed by atoms with Gasteiger partial charge in [-0.05, 0) is 48.7 Å². The van der Waals surface area contributed by atoms with Crippen LogP contribution in [0.15, 0.2) is 61.2 Å². The van der Waals surface area contributed by atoms with E-state index in [2.05, 4.69) is 15.0 Å². The lowest BCUT2D eigenvalue weighted by molar-refractivity contribution is -0.137. The van der Waals surface area contributed by atoms with Crippen LogP contribution in [0.25, 0.3) is 11.4 Å². The number of benzene rings is 1. The van der Waals surface area contributed by atoms with E-state index in [0.717, 1.165) is 12.1 Å². The molecule has 1 aliphatic rings. The van der Waals surface area contributed by atoms with Crippen LogP contribution in [0.3, 0.4) is 0 Å². The fourth-order valence-corrected chi connectivity index (χ4v) is 4.16. The number of alkyl halides is 4. The van der Waals surface area contributed by atoms with E-state index in [1.807, 2.05) is 0 Å². The van der Waals surface area contributed by atoms with Crippen molar-refractivity contribution < 1.29 is 22.4 Å². The molecule has 1 aromatic carbocycles. The highest BCUT2D eigenvalue weighted by molar-refractivity contribution is 5.99. The Labute approximate surface area is 188 Å². The van der Waals surface area contributed by atoms with Gasteiger partial charge in [-0.25, -0.2) is 14.4 Å². The first-order valence-corrected chi connectivity index (χ1v) is 10.6. The van der Waals surface area contributed by atoms with Gasteiger partial charge in [0.15, 0.2) is 0 Å². The number of likely N-dealkylation sites (tertiary alicyclic amines) is 1. The predicted octanol–water partition coefficient (Wildman–Crippen LogP) is 5.31. The van der Waals surface area contributed by atoms with Gasteiger partial charge in [0.2, 0.25) is 0 Å². The van der Waals surface area contributed by atoms with Crippen molar-refractivity contribution in [3.63, 3.8) is 0 Å². The summed E-state index contributed by atoms with van der Waals surface area (Å²) in [5.74, 6) is -0.868. The minimum Gasteiger partial charge on any atom is -0.338 e. The Morgan fingerprint density at radius 1 is 1.03 bits per heavy atom. The lowest BCUT2D eigenvalue weighted by Gasteiger charge is -2.40. The molecule has 0 spiro atoms. The first kappa shape index (κ1) is 22.8. The second kappa shape index (κ2) is 8.88. The summed E-state index contributed by atoms with van der Waals surface area (Å²) in [5, 5.41) is 0. The highest BCUT2D eigenvalue weighted by Crippen LogP contribution is 2.41.